The summed E-state index contributed by atoms with van der Waals surface area (Å²) in [6, 6.07) is 16.1. The van der Waals surface area contributed by atoms with Crippen LogP contribution in [0.2, 0.25) is 0 Å². The molecule has 2 aliphatic rings. The summed E-state index contributed by atoms with van der Waals surface area (Å²) in [6.07, 6.45) is -2.01. The number of ether oxygens (including phenoxy) is 4. The third kappa shape index (κ3) is 8.41. The second-order valence-electron chi connectivity index (χ2n) is 11.6. The largest absolute Gasteiger partial charge is 0.461 e. The fraction of sp³-hybridized carbons (Fsp3) is 0.469. The molecule has 0 aromatic heterocycles. The van der Waals surface area contributed by atoms with Crippen molar-refractivity contribution in [1.29, 1.82) is 0 Å². The molecule has 2 aliphatic heterocycles. The number of rotatable bonds is 8. The van der Waals surface area contributed by atoms with Crippen LogP contribution in [-0.2, 0) is 44.7 Å². The van der Waals surface area contributed by atoms with E-state index < -0.39 is 35.7 Å². The van der Waals surface area contributed by atoms with E-state index in [0.29, 0.717) is 37.2 Å². The number of piperidine rings is 1. The Kier molecular flexibility index (Phi) is 10.2. The number of likely N-dealkylation sites (tertiary alicyclic amines) is 1. The van der Waals surface area contributed by atoms with E-state index in [-0.39, 0.29) is 37.6 Å². The summed E-state index contributed by atoms with van der Waals surface area (Å²) < 4.78 is 21.6. The topological polar surface area (TPSA) is 129 Å². The second-order valence-corrected chi connectivity index (χ2v) is 11.6. The Morgan fingerprint density at radius 2 is 1.67 bits per heavy atom. The number of esters is 3. The van der Waals surface area contributed by atoms with Gasteiger partial charge in [-0.05, 0) is 57.4 Å². The first-order valence-corrected chi connectivity index (χ1v) is 14.4. The number of benzene rings is 2. The van der Waals surface area contributed by atoms with Gasteiger partial charge in [-0.1, -0.05) is 36.4 Å². The lowest BCUT2D eigenvalue weighted by Crippen LogP contribution is -2.56. The van der Waals surface area contributed by atoms with Gasteiger partial charge in [0.05, 0.1) is 12.5 Å². The number of morpholine rings is 1. The molecule has 0 spiro atoms. The number of hydrogen-bond acceptors (Lipinski definition) is 9. The summed E-state index contributed by atoms with van der Waals surface area (Å²) in [5.41, 5.74) is 0.856. The standard InChI is InChI=1S/C32H38N2O9/c1-21(35)42-27(31(39)43-32(2,3)4)26-29(37)34(17-18-40-26)25-12-8-11-24(19-25)28(36)33-15-13-23(14-16-33)30(38)41-20-22-9-6-5-7-10-22/h5-12,19,23,26-27H,13-18,20H2,1-4H3. The van der Waals surface area contributed by atoms with Gasteiger partial charge in [0, 0.05) is 37.8 Å². The van der Waals surface area contributed by atoms with Crippen LogP contribution in [-0.4, -0.2) is 78.7 Å². The Bertz CT molecular complexity index is 1330. The summed E-state index contributed by atoms with van der Waals surface area (Å²) in [7, 11) is 0. The molecule has 43 heavy (non-hydrogen) atoms. The smallest absolute Gasteiger partial charge is 0.351 e. The lowest BCUT2D eigenvalue weighted by atomic mass is 9.96. The van der Waals surface area contributed by atoms with Gasteiger partial charge in [0.25, 0.3) is 11.8 Å². The highest BCUT2D eigenvalue weighted by atomic mass is 16.6. The third-order valence-electron chi connectivity index (χ3n) is 7.07. The van der Waals surface area contributed by atoms with E-state index in [1.54, 1.807) is 49.9 Å². The molecule has 2 amide bonds. The van der Waals surface area contributed by atoms with Crippen LogP contribution in [0, 0.1) is 5.92 Å². The van der Waals surface area contributed by atoms with Gasteiger partial charge in [0.2, 0.25) is 6.10 Å². The normalized spacial score (nSPS) is 18.5. The highest BCUT2D eigenvalue weighted by Gasteiger charge is 2.44. The number of amides is 2. The molecule has 11 nitrogen and oxygen atoms in total. The zero-order chi connectivity index (χ0) is 31.1. The van der Waals surface area contributed by atoms with E-state index >= 15 is 0 Å². The van der Waals surface area contributed by atoms with E-state index in [1.165, 1.54) is 4.90 Å². The van der Waals surface area contributed by atoms with Crippen molar-refractivity contribution in [2.24, 2.45) is 5.92 Å². The molecule has 11 heteroatoms. The van der Waals surface area contributed by atoms with Gasteiger partial charge >= 0.3 is 17.9 Å². The fourth-order valence-corrected chi connectivity index (χ4v) is 5.01. The first-order chi connectivity index (χ1) is 20.4. The van der Waals surface area contributed by atoms with Crippen molar-refractivity contribution in [2.45, 2.75) is 65.0 Å². The SMILES string of the molecule is CC(=O)OC(C(=O)OC(C)(C)C)C1OCCN(c2cccc(C(=O)N3CCC(C(=O)OCc4ccccc4)CC3)c2)C1=O. The molecular formula is C32H38N2O9. The monoisotopic (exact) mass is 594 g/mol. The summed E-state index contributed by atoms with van der Waals surface area (Å²) in [4.78, 5) is 67.2. The molecule has 2 aromatic rings. The van der Waals surface area contributed by atoms with Gasteiger partial charge < -0.3 is 28.7 Å². The number of anilines is 1. The predicted octanol–water partition coefficient (Wildman–Crippen LogP) is 3.29. The molecule has 0 radical (unpaired) electrons. The Labute approximate surface area is 251 Å². The molecule has 4 rings (SSSR count). The average molecular weight is 595 g/mol. The fourth-order valence-electron chi connectivity index (χ4n) is 5.01. The van der Waals surface area contributed by atoms with Crippen molar-refractivity contribution in [3.63, 3.8) is 0 Å². The lowest BCUT2D eigenvalue weighted by Gasteiger charge is -2.36. The van der Waals surface area contributed by atoms with Crippen LogP contribution in [0.15, 0.2) is 54.6 Å². The van der Waals surface area contributed by atoms with E-state index in [9.17, 15) is 24.0 Å². The van der Waals surface area contributed by atoms with Gasteiger partial charge in [0.1, 0.15) is 12.2 Å². The zero-order valence-corrected chi connectivity index (χ0v) is 24.9. The first-order valence-electron chi connectivity index (χ1n) is 14.4. The van der Waals surface area contributed by atoms with Crippen molar-refractivity contribution in [2.75, 3.05) is 31.1 Å². The van der Waals surface area contributed by atoms with E-state index in [0.717, 1.165) is 12.5 Å². The number of hydrogen-bond donors (Lipinski definition) is 0. The molecule has 2 heterocycles. The molecule has 2 atom stereocenters. The Balaban J connectivity index is 1.39. The molecule has 2 saturated heterocycles. The van der Waals surface area contributed by atoms with E-state index in [4.69, 9.17) is 18.9 Å². The summed E-state index contributed by atoms with van der Waals surface area (Å²) >= 11 is 0. The Hall–Kier alpha value is -4.25. The minimum Gasteiger partial charge on any atom is -0.461 e. The highest BCUT2D eigenvalue weighted by molar-refractivity contribution is 6.02. The first kappa shape index (κ1) is 31.7. The Morgan fingerprint density at radius 3 is 2.33 bits per heavy atom. The Morgan fingerprint density at radius 1 is 0.977 bits per heavy atom. The van der Waals surface area contributed by atoms with Crippen LogP contribution in [0.3, 0.4) is 0 Å². The maximum atomic E-state index is 13.5. The molecule has 230 valence electrons. The third-order valence-corrected chi connectivity index (χ3v) is 7.07. The minimum absolute atomic E-state index is 0.0724. The average Bonchev–Trinajstić information content (AvgIpc) is 2.98. The van der Waals surface area contributed by atoms with Crippen molar-refractivity contribution >= 4 is 35.4 Å². The van der Waals surface area contributed by atoms with Crippen LogP contribution < -0.4 is 4.90 Å². The lowest BCUT2D eigenvalue weighted by molar-refractivity contribution is -0.188. The van der Waals surface area contributed by atoms with Gasteiger partial charge in [-0.3, -0.25) is 19.2 Å². The van der Waals surface area contributed by atoms with Gasteiger partial charge in [-0.2, -0.15) is 0 Å². The molecule has 2 aromatic carbocycles. The van der Waals surface area contributed by atoms with Gasteiger partial charge in [0.15, 0.2) is 6.10 Å². The van der Waals surface area contributed by atoms with Crippen LogP contribution in [0.1, 0.15) is 56.5 Å². The molecular weight excluding hydrogens is 556 g/mol. The van der Waals surface area contributed by atoms with Crippen molar-refractivity contribution in [1.82, 2.24) is 4.90 Å². The minimum atomic E-state index is -1.59. The zero-order valence-electron chi connectivity index (χ0n) is 24.9. The molecule has 2 fully saturated rings. The maximum absolute atomic E-state index is 13.5. The van der Waals surface area contributed by atoms with Crippen molar-refractivity contribution < 1.29 is 42.9 Å². The quantitative estimate of drug-likeness (QED) is 0.334. The molecule has 0 aliphatic carbocycles. The van der Waals surface area contributed by atoms with Crippen LogP contribution in [0.4, 0.5) is 5.69 Å². The maximum Gasteiger partial charge on any atom is 0.351 e. The highest BCUT2D eigenvalue weighted by Crippen LogP contribution is 2.26. The number of nitrogens with zero attached hydrogens (tertiary/aromatic N) is 2. The second kappa shape index (κ2) is 13.8. The van der Waals surface area contributed by atoms with Crippen molar-refractivity contribution in [3.05, 3.63) is 65.7 Å². The molecule has 0 bridgehead atoms. The summed E-state index contributed by atoms with van der Waals surface area (Å²) in [5.74, 6) is -3.01. The number of carbonyl (C=O) groups is 5. The van der Waals surface area contributed by atoms with E-state index in [2.05, 4.69) is 0 Å². The van der Waals surface area contributed by atoms with Gasteiger partial charge in [-0.15, -0.1) is 0 Å². The van der Waals surface area contributed by atoms with Crippen LogP contribution in [0.5, 0.6) is 0 Å². The predicted molar refractivity (Wildman–Crippen MR) is 155 cm³/mol. The van der Waals surface area contributed by atoms with Crippen LogP contribution >= 0.6 is 0 Å². The van der Waals surface area contributed by atoms with E-state index in [1.807, 2.05) is 30.3 Å². The summed E-state index contributed by atoms with van der Waals surface area (Å²) in [5, 5.41) is 0. The van der Waals surface area contributed by atoms with Crippen LogP contribution in [0.25, 0.3) is 0 Å². The summed E-state index contributed by atoms with van der Waals surface area (Å²) in [6.45, 7) is 7.36. The van der Waals surface area contributed by atoms with Gasteiger partial charge in [-0.25, -0.2) is 4.79 Å². The van der Waals surface area contributed by atoms with Crippen molar-refractivity contribution in [3.8, 4) is 0 Å². The number of carbonyl (C=O) groups excluding carboxylic acids is 5. The molecule has 0 N–H and O–H groups in total. The molecule has 2 unspecified atom stereocenters. The molecule has 0 saturated carbocycles.